The third kappa shape index (κ3) is 3.22. The lowest BCUT2D eigenvalue weighted by molar-refractivity contribution is 0.101. The second-order valence-corrected chi connectivity index (χ2v) is 8.61. The summed E-state index contributed by atoms with van der Waals surface area (Å²) >= 11 is 12.1. The highest BCUT2D eigenvalue weighted by atomic mass is 35.5. The van der Waals surface area contributed by atoms with Gasteiger partial charge >= 0.3 is 0 Å². The zero-order chi connectivity index (χ0) is 19.2. The van der Waals surface area contributed by atoms with Crippen LogP contribution in [0.25, 0.3) is 22.3 Å². The highest BCUT2D eigenvalue weighted by molar-refractivity contribution is 6.31. The molecular weight excluding hydrogens is 377 g/mol. The van der Waals surface area contributed by atoms with Crippen molar-refractivity contribution in [3.63, 3.8) is 0 Å². The van der Waals surface area contributed by atoms with Crippen LogP contribution >= 0.6 is 23.2 Å². The molecule has 1 aliphatic rings. The molecule has 4 rings (SSSR count). The number of benzene rings is 2. The van der Waals surface area contributed by atoms with E-state index in [0.29, 0.717) is 10.7 Å². The van der Waals surface area contributed by atoms with Crippen LogP contribution in [0.2, 0.25) is 5.02 Å². The Morgan fingerprint density at radius 3 is 2.26 bits per heavy atom. The molecule has 0 unspecified atom stereocenters. The summed E-state index contributed by atoms with van der Waals surface area (Å²) in [5.74, 6) is -0.0682. The number of fused-ring (bicyclic) bond motifs is 1. The molecule has 0 spiro atoms. The molecule has 4 heteroatoms. The van der Waals surface area contributed by atoms with E-state index in [1.54, 1.807) is 0 Å². The summed E-state index contributed by atoms with van der Waals surface area (Å²) in [5.41, 5.74) is 6.25. The highest BCUT2D eigenvalue weighted by Gasteiger charge is 2.37. The van der Waals surface area contributed by atoms with Crippen LogP contribution in [-0.4, -0.2) is 16.2 Å². The van der Waals surface area contributed by atoms with Gasteiger partial charge in [-0.25, -0.2) is 0 Å². The SMILES string of the molecule is CC1(C)Cc2c(-c3ccccc3)c(-c3ccc(Cl)cc3)c(C(=O)CCl)n2C1. The molecule has 0 radical (unpaired) electrons. The Kier molecular flexibility index (Phi) is 4.65. The zero-order valence-electron chi connectivity index (χ0n) is 15.4. The fraction of sp³-hybridized carbons (Fsp3) is 0.261. The van der Waals surface area contributed by atoms with Gasteiger partial charge in [0.25, 0.3) is 0 Å². The van der Waals surface area contributed by atoms with Gasteiger partial charge in [-0.05, 0) is 35.1 Å². The molecule has 1 aromatic heterocycles. The Bertz CT molecular complexity index is 1000. The number of rotatable bonds is 4. The fourth-order valence-corrected chi connectivity index (χ4v) is 4.38. The lowest BCUT2D eigenvalue weighted by Gasteiger charge is -2.18. The van der Waals surface area contributed by atoms with Crippen molar-refractivity contribution in [3.8, 4) is 22.3 Å². The lowest BCUT2D eigenvalue weighted by atomic mass is 9.86. The second kappa shape index (κ2) is 6.85. The van der Waals surface area contributed by atoms with Crippen molar-refractivity contribution >= 4 is 29.0 Å². The van der Waals surface area contributed by atoms with E-state index < -0.39 is 0 Å². The molecule has 138 valence electrons. The molecule has 2 aromatic carbocycles. The van der Waals surface area contributed by atoms with E-state index in [2.05, 4.69) is 30.5 Å². The van der Waals surface area contributed by atoms with Gasteiger partial charge in [-0.2, -0.15) is 0 Å². The maximum absolute atomic E-state index is 12.9. The smallest absolute Gasteiger partial charge is 0.194 e. The first kappa shape index (κ1) is 18.3. The first-order valence-corrected chi connectivity index (χ1v) is 9.98. The van der Waals surface area contributed by atoms with Gasteiger partial charge in [0.1, 0.15) is 0 Å². The van der Waals surface area contributed by atoms with E-state index in [9.17, 15) is 4.79 Å². The third-order valence-corrected chi connectivity index (χ3v) is 5.68. The van der Waals surface area contributed by atoms with E-state index in [1.165, 1.54) is 5.69 Å². The molecule has 0 fully saturated rings. The number of carbonyl (C=O) groups is 1. The molecule has 0 saturated heterocycles. The summed E-state index contributed by atoms with van der Waals surface area (Å²) in [7, 11) is 0. The number of aromatic nitrogens is 1. The number of Topliss-reactive ketones (excluding diaryl/α,β-unsaturated/α-hetero) is 1. The third-order valence-electron chi connectivity index (χ3n) is 5.18. The largest absolute Gasteiger partial charge is 0.340 e. The summed E-state index contributed by atoms with van der Waals surface area (Å²) in [4.78, 5) is 12.9. The number of hydrogen-bond donors (Lipinski definition) is 0. The zero-order valence-corrected chi connectivity index (χ0v) is 16.9. The van der Waals surface area contributed by atoms with Crippen LogP contribution in [0.3, 0.4) is 0 Å². The second-order valence-electron chi connectivity index (χ2n) is 7.90. The highest BCUT2D eigenvalue weighted by Crippen LogP contribution is 2.47. The summed E-state index contributed by atoms with van der Waals surface area (Å²) in [6, 6.07) is 18.0. The van der Waals surface area contributed by atoms with Crippen molar-refractivity contribution in [1.82, 2.24) is 4.57 Å². The fourth-order valence-electron chi connectivity index (χ4n) is 4.13. The van der Waals surface area contributed by atoms with Gasteiger partial charge in [-0.3, -0.25) is 4.79 Å². The number of carbonyl (C=O) groups excluding carboxylic acids is 1. The molecule has 1 aliphatic heterocycles. The van der Waals surface area contributed by atoms with Crippen molar-refractivity contribution in [2.45, 2.75) is 26.8 Å². The number of ketones is 1. The number of nitrogens with zero attached hydrogens (tertiary/aromatic N) is 1. The predicted molar refractivity (Wildman–Crippen MR) is 113 cm³/mol. The summed E-state index contributed by atoms with van der Waals surface area (Å²) < 4.78 is 2.19. The molecular formula is C23H21Cl2NO. The van der Waals surface area contributed by atoms with Gasteiger partial charge in [0.15, 0.2) is 5.78 Å². The van der Waals surface area contributed by atoms with Crippen LogP contribution < -0.4 is 0 Å². The summed E-state index contributed by atoms with van der Waals surface area (Å²) in [5, 5.41) is 0.679. The van der Waals surface area contributed by atoms with E-state index in [4.69, 9.17) is 23.2 Å². The Morgan fingerprint density at radius 2 is 1.63 bits per heavy atom. The quantitative estimate of drug-likeness (QED) is 0.364. The molecule has 2 heterocycles. The number of halogens is 2. The number of hydrogen-bond acceptors (Lipinski definition) is 1. The minimum atomic E-state index is -0.0391. The minimum absolute atomic E-state index is 0.0291. The molecule has 27 heavy (non-hydrogen) atoms. The minimum Gasteiger partial charge on any atom is -0.340 e. The summed E-state index contributed by atoms with van der Waals surface area (Å²) in [6.07, 6.45) is 0.924. The molecule has 3 aromatic rings. The number of alkyl halides is 1. The molecule has 2 nitrogen and oxygen atoms in total. The maximum Gasteiger partial charge on any atom is 0.194 e. The van der Waals surface area contributed by atoms with Crippen LogP contribution in [0.15, 0.2) is 54.6 Å². The summed E-state index contributed by atoms with van der Waals surface area (Å²) in [6.45, 7) is 5.30. The van der Waals surface area contributed by atoms with Crippen molar-refractivity contribution < 1.29 is 4.79 Å². The van der Waals surface area contributed by atoms with Crippen molar-refractivity contribution in [2.24, 2.45) is 5.41 Å². The van der Waals surface area contributed by atoms with Crippen LogP contribution in [-0.2, 0) is 13.0 Å². The monoisotopic (exact) mass is 397 g/mol. The molecule has 0 saturated carbocycles. The van der Waals surface area contributed by atoms with E-state index >= 15 is 0 Å². The van der Waals surface area contributed by atoms with Crippen LogP contribution in [0.4, 0.5) is 0 Å². The van der Waals surface area contributed by atoms with Gasteiger partial charge in [0.2, 0.25) is 0 Å². The Hall–Kier alpha value is -2.03. The van der Waals surface area contributed by atoms with Gasteiger partial charge in [0.05, 0.1) is 11.6 Å². The van der Waals surface area contributed by atoms with E-state index in [0.717, 1.165) is 35.2 Å². The van der Waals surface area contributed by atoms with Gasteiger partial charge < -0.3 is 4.57 Å². The lowest BCUT2D eigenvalue weighted by Crippen LogP contribution is -2.16. The first-order chi connectivity index (χ1) is 12.9. The van der Waals surface area contributed by atoms with Crippen molar-refractivity contribution in [1.29, 1.82) is 0 Å². The van der Waals surface area contributed by atoms with E-state index in [1.807, 2.05) is 42.5 Å². The topological polar surface area (TPSA) is 22.0 Å². The Morgan fingerprint density at radius 1 is 1.00 bits per heavy atom. The van der Waals surface area contributed by atoms with Crippen LogP contribution in [0.1, 0.15) is 30.0 Å². The van der Waals surface area contributed by atoms with Crippen molar-refractivity contribution in [3.05, 3.63) is 71.0 Å². The first-order valence-electron chi connectivity index (χ1n) is 9.07. The Balaban J connectivity index is 2.07. The van der Waals surface area contributed by atoms with E-state index in [-0.39, 0.29) is 17.1 Å². The van der Waals surface area contributed by atoms with Gasteiger partial charge in [0, 0.05) is 28.4 Å². The van der Waals surface area contributed by atoms with Gasteiger partial charge in [-0.15, -0.1) is 11.6 Å². The standard InChI is InChI=1S/C23H21Cl2NO/c1-23(2)12-18-20(15-6-4-3-5-7-15)21(16-8-10-17(25)11-9-16)22(19(27)13-24)26(18)14-23/h3-11H,12-14H2,1-2H3. The van der Waals surface area contributed by atoms with Crippen LogP contribution in [0.5, 0.6) is 0 Å². The Labute approximate surface area is 169 Å². The normalized spacial score (nSPS) is 15.0. The molecule has 0 amide bonds. The maximum atomic E-state index is 12.9. The molecule has 0 N–H and O–H groups in total. The molecule has 0 aliphatic carbocycles. The molecule has 0 bridgehead atoms. The molecule has 0 atom stereocenters. The van der Waals surface area contributed by atoms with Crippen molar-refractivity contribution in [2.75, 3.05) is 5.88 Å². The van der Waals surface area contributed by atoms with Gasteiger partial charge in [-0.1, -0.05) is 67.9 Å². The average Bonchev–Trinajstić information content (AvgIpc) is 3.12. The van der Waals surface area contributed by atoms with Crippen LogP contribution in [0, 0.1) is 5.41 Å². The predicted octanol–water partition coefficient (Wildman–Crippen LogP) is 6.48. The average molecular weight is 398 g/mol.